The van der Waals surface area contributed by atoms with Gasteiger partial charge in [0.05, 0.1) is 10.7 Å². The van der Waals surface area contributed by atoms with Gasteiger partial charge in [-0.1, -0.05) is 0 Å². The quantitative estimate of drug-likeness (QED) is 0.857. The van der Waals surface area contributed by atoms with Crippen LogP contribution in [0.15, 0.2) is 24.5 Å². The number of hydrogen-bond donors (Lipinski definition) is 0. The van der Waals surface area contributed by atoms with E-state index in [2.05, 4.69) is 14.9 Å². The number of fused-ring (bicyclic) bond motifs is 2. The minimum absolute atomic E-state index is 0.160. The van der Waals surface area contributed by atoms with E-state index in [1.54, 1.807) is 12.4 Å². The van der Waals surface area contributed by atoms with Crippen molar-refractivity contribution < 1.29 is 9.53 Å². The Hall–Kier alpha value is -1.95. The Kier molecular flexibility index (Phi) is 4.00. The number of carbonyl (C=O) groups is 1. The highest BCUT2D eigenvalue weighted by Crippen LogP contribution is 2.39. The highest BCUT2D eigenvalue weighted by molar-refractivity contribution is 7.13. The van der Waals surface area contributed by atoms with Crippen LogP contribution in [0.2, 0.25) is 0 Å². The Balaban J connectivity index is 1.49. The smallest absolute Gasteiger partial charge is 0.266 e. The maximum absolute atomic E-state index is 13.0. The van der Waals surface area contributed by atoms with Crippen LogP contribution in [0.1, 0.15) is 46.1 Å². The van der Waals surface area contributed by atoms with Gasteiger partial charge in [-0.05, 0) is 38.8 Å². The molecule has 0 aromatic carbocycles. The van der Waals surface area contributed by atoms with E-state index in [1.807, 2.05) is 26.0 Å². The lowest BCUT2D eigenvalue weighted by molar-refractivity contribution is 0.0362. The van der Waals surface area contributed by atoms with Gasteiger partial charge in [-0.3, -0.25) is 9.78 Å². The maximum atomic E-state index is 13.0. The number of rotatable bonds is 3. The van der Waals surface area contributed by atoms with Gasteiger partial charge in [-0.2, -0.15) is 0 Å². The second kappa shape index (κ2) is 6.16. The van der Waals surface area contributed by atoms with Crippen LogP contribution in [0.3, 0.4) is 0 Å². The summed E-state index contributed by atoms with van der Waals surface area (Å²) in [4.78, 5) is 24.3. The Labute approximate surface area is 145 Å². The molecule has 24 heavy (non-hydrogen) atoms. The molecule has 0 radical (unpaired) electrons. The summed E-state index contributed by atoms with van der Waals surface area (Å²) in [6.07, 6.45) is 7.63. The number of nitrogens with zero attached hydrogens (tertiary/aromatic N) is 3. The third-order valence-corrected chi connectivity index (χ3v) is 6.04. The van der Waals surface area contributed by atoms with Crippen LogP contribution in [0.4, 0.5) is 0 Å². The van der Waals surface area contributed by atoms with Crippen molar-refractivity contribution in [3.8, 4) is 5.75 Å². The second-order valence-corrected chi connectivity index (χ2v) is 7.84. The summed E-state index contributed by atoms with van der Waals surface area (Å²) in [5.41, 5.74) is 0.858. The summed E-state index contributed by atoms with van der Waals surface area (Å²) >= 11 is 1.51. The fourth-order valence-electron chi connectivity index (χ4n) is 4.01. The predicted molar refractivity (Wildman–Crippen MR) is 92.5 cm³/mol. The molecule has 5 nitrogen and oxygen atoms in total. The van der Waals surface area contributed by atoms with E-state index in [1.165, 1.54) is 11.3 Å². The van der Waals surface area contributed by atoms with Gasteiger partial charge >= 0.3 is 0 Å². The molecule has 6 heteroatoms. The molecule has 2 saturated heterocycles. The predicted octanol–water partition coefficient (Wildman–Crippen LogP) is 3.37. The lowest BCUT2D eigenvalue weighted by Gasteiger charge is -2.38. The number of piperidine rings is 1. The normalized spacial score (nSPS) is 25.8. The van der Waals surface area contributed by atoms with Gasteiger partial charge in [-0.25, -0.2) is 4.98 Å². The van der Waals surface area contributed by atoms with Gasteiger partial charge in [0, 0.05) is 37.3 Å². The summed E-state index contributed by atoms with van der Waals surface area (Å²) in [6, 6.07) is 4.35. The number of thiazole rings is 1. The summed E-state index contributed by atoms with van der Waals surface area (Å²) in [7, 11) is 0. The lowest BCUT2D eigenvalue weighted by atomic mass is 9.99. The summed E-state index contributed by atoms with van der Waals surface area (Å²) in [6.45, 7) is 3.88. The molecular weight excluding hydrogens is 322 g/mol. The van der Waals surface area contributed by atoms with Crippen molar-refractivity contribution in [2.45, 2.75) is 57.7 Å². The van der Waals surface area contributed by atoms with Gasteiger partial charge in [0.1, 0.15) is 16.7 Å². The SMILES string of the molecule is Cc1nc(C)c(C(=O)N2C3CCC2CC(Oc2ccncc2)C3)s1. The molecule has 2 unspecified atom stereocenters. The van der Waals surface area contributed by atoms with E-state index in [0.717, 1.165) is 47.0 Å². The first-order valence-electron chi connectivity index (χ1n) is 8.45. The minimum atomic E-state index is 0.160. The minimum Gasteiger partial charge on any atom is -0.490 e. The van der Waals surface area contributed by atoms with Crippen LogP contribution in [0.5, 0.6) is 5.75 Å². The fourth-order valence-corrected chi connectivity index (χ4v) is 4.88. The number of pyridine rings is 1. The third kappa shape index (κ3) is 2.79. The Morgan fingerprint density at radius 3 is 2.46 bits per heavy atom. The van der Waals surface area contributed by atoms with Crippen LogP contribution in [0, 0.1) is 13.8 Å². The molecule has 1 amide bonds. The molecular formula is C18H21N3O2S. The van der Waals surface area contributed by atoms with Crippen molar-refractivity contribution in [1.29, 1.82) is 0 Å². The van der Waals surface area contributed by atoms with Crippen LogP contribution in [-0.4, -0.2) is 39.0 Å². The van der Waals surface area contributed by atoms with E-state index in [4.69, 9.17) is 4.74 Å². The third-order valence-electron chi connectivity index (χ3n) is 4.97. The average molecular weight is 343 g/mol. The van der Waals surface area contributed by atoms with Crippen LogP contribution >= 0.6 is 11.3 Å². The molecule has 0 spiro atoms. The molecule has 2 fully saturated rings. The number of amides is 1. The molecule has 2 aromatic rings. The van der Waals surface area contributed by atoms with E-state index in [-0.39, 0.29) is 24.1 Å². The number of carbonyl (C=O) groups excluding carboxylic acids is 1. The van der Waals surface area contributed by atoms with E-state index in [9.17, 15) is 4.79 Å². The molecule has 126 valence electrons. The molecule has 2 aliphatic rings. The molecule has 0 saturated carbocycles. The van der Waals surface area contributed by atoms with Gasteiger partial charge in [0.25, 0.3) is 5.91 Å². The zero-order chi connectivity index (χ0) is 16.7. The maximum Gasteiger partial charge on any atom is 0.266 e. The average Bonchev–Trinajstić information content (AvgIpc) is 3.04. The van der Waals surface area contributed by atoms with Gasteiger partial charge in [-0.15, -0.1) is 11.3 Å². The van der Waals surface area contributed by atoms with E-state index in [0.29, 0.717) is 0 Å². The first kappa shape index (κ1) is 15.6. The zero-order valence-electron chi connectivity index (χ0n) is 13.9. The zero-order valence-corrected chi connectivity index (χ0v) is 14.8. The van der Waals surface area contributed by atoms with Gasteiger partial charge in [0.2, 0.25) is 0 Å². The number of aryl methyl sites for hydroxylation is 2. The van der Waals surface area contributed by atoms with Crippen molar-refractivity contribution in [3.05, 3.63) is 40.1 Å². The summed E-state index contributed by atoms with van der Waals surface area (Å²) < 4.78 is 6.11. The van der Waals surface area contributed by atoms with Crippen LogP contribution in [-0.2, 0) is 0 Å². The Bertz CT molecular complexity index is 732. The molecule has 2 aromatic heterocycles. The van der Waals surface area contributed by atoms with Crippen molar-refractivity contribution in [3.63, 3.8) is 0 Å². The highest BCUT2D eigenvalue weighted by atomic mass is 32.1. The van der Waals surface area contributed by atoms with Crippen molar-refractivity contribution in [2.24, 2.45) is 0 Å². The molecule has 2 bridgehead atoms. The summed E-state index contributed by atoms with van der Waals surface area (Å²) in [5, 5.41) is 0.958. The van der Waals surface area contributed by atoms with Crippen LogP contribution in [0.25, 0.3) is 0 Å². The van der Waals surface area contributed by atoms with E-state index < -0.39 is 0 Å². The molecule has 0 N–H and O–H groups in total. The molecule has 2 atom stereocenters. The number of aromatic nitrogens is 2. The number of ether oxygens (including phenoxy) is 1. The highest BCUT2D eigenvalue weighted by Gasteiger charge is 2.44. The standard InChI is InChI=1S/C18H21N3O2S/c1-11-17(24-12(2)20-11)18(22)21-13-3-4-14(21)10-16(9-13)23-15-5-7-19-8-6-15/h5-8,13-14,16H,3-4,9-10H2,1-2H3. The van der Waals surface area contributed by atoms with Gasteiger partial charge < -0.3 is 9.64 Å². The molecule has 4 heterocycles. The van der Waals surface area contributed by atoms with Crippen molar-refractivity contribution >= 4 is 17.2 Å². The van der Waals surface area contributed by atoms with Crippen molar-refractivity contribution in [2.75, 3.05) is 0 Å². The van der Waals surface area contributed by atoms with E-state index >= 15 is 0 Å². The molecule has 4 rings (SSSR count). The molecule has 2 aliphatic heterocycles. The van der Waals surface area contributed by atoms with Crippen LogP contribution < -0.4 is 4.74 Å². The summed E-state index contributed by atoms with van der Waals surface area (Å²) in [5.74, 6) is 1.02. The Morgan fingerprint density at radius 1 is 1.21 bits per heavy atom. The second-order valence-electron chi connectivity index (χ2n) is 6.64. The van der Waals surface area contributed by atoms with Crippen molar-refractivity contribution in [1.82, 2.24) is 14.9 Å². The lowest BCUT2D eigenvalue weighted by Crippen LogP contribution is -2.49. The largest absolute Gasteiger partial charge is 0.490 e. The Morgan fingerprint density at radius 2 is 1.88 bits per heavy atom. The molecule has 0 aliphatic carbocycles. The first-order chi connectivity index (χ1) is 11.6. The van der Waals surface area contributed by atoms with Gasteiger partial charge in [0.15, 0.2) is 0 Å². The topological polar surface area (TPSA) is 55.3 Å². The first-order valence-corrected chi connectivity index (χ1v) is 9.27. The fraction of sp³-hybridized carbons (Fsp3) is 0.500. The number of hydrogen-bond acceptors (Lipinski definition) is 5. The monoisotopic (exact) mass is 343 g/mol.